The molecule has 0 bridgehead atoms. The van der Waals surface area contributed by atoms with Gasteiger partial charge >= 0.3 is 0 Å². The van der Waals surface area contributed by atoms with Gasteiger partial charge in [-0.25, -0.2) is 4.98 Å². The molecular formula is C14H24N4O. The monoisotopic (exact) mass is 264 g/mol. The van der Waals surface area contributed by atoms with E-state index in [4.69, 9.17) is 0 Å². The van der Waals surface area contributed by atoms with Crippen molar-refractivity contribution in [2.45, 2.75) is 32.7 Å². The van der Waals surface area contributed by atoms with Crippen molar-refractivity contribution in [1.29, 1.82) is 0 Å². The summed E-state index contributed by atoms with van der Waals surface area (Å²) >= 11 is 0. The smallest absolute Gasteiger partial charge is 0.216 e. The molecule has 1 fully saturated rings. The topological polar surface area (TPSA) is 50.2 Å². The second-order valence-corrected chi connectivity index (χ2v) is 5.47. The maximum absolute atomic E-state index is 10.9. The highest BCUT2D eigenvalue weighted by atomic mass is 16.1. The molecule has 0 aliphatic carbocycles. The minimum absolute atomic E-state index is 0.0701. The SMILES string of the molecule is CC(=O)NCCC1CCCN(Cc2nccn2C)C1. The van der Waals surface area contributed by atoms with Crippen molar-refractivity contribution >= 4 is 5.91 Å². The Morgan fingerprint density at radius 1 is 1.58 bits per heavy atom. The number of aryl methyl sites for hydroxylation is 1. The Bertz CT molecular complexity index is 415. The van der Waals surface area contributed by atoms with E-state index < -0.39 is 0 Å². The van der Waals surface area contributed by atoms with E-state index in [1.165, 1.54) is 12.8 Å². The normalized spacial score (nSPS) is 20.4. The third-order valence-corrected chi connectivity index (χ3v) is 3.82. The van der Waals surface area contributed by atoms with Crippen molar-refractivity contribution in [2.75, 3.05) is 19.6 Å². The zero-order valence-electron chi connectivity index (χ0n) is 11.9. The average molecular weight is 264 g/mol. The fourth-order valence-corrected chi connectivity index (χ4v) is 2.73. The molecule has 0 spiro atoms. The number of carbonyl (C=O) groups excluding carboxylic acids is 1. The molecule has 5 nitrogen and oxygen atoms in total. The number of aromatic nitrogens is 2. The number of likely N-dealkylation sites (tertiary alicyclic amines) is 1. The minimum atomic E-state index is 0.0701. The summed E-state index contributed by atoms with van der Waals surface area (Å²) in [4.78, 5) is 17.7. The molecule has 5 heteroatoms. The van der Waals surface area contributed by atoms with Gasteiger partial charge in [0.1, 0.15) is 5.82 Å². The van der Waals surface area contributed by atoms with Crippen molar-refractivity contribution in [1.82, 2.24) is 19.8 Å². The van der Waals surface area contributed by atoms with Crippen LogP contribution in [0.5, 0.6) is 0 Å². The van der Waals surface area contributed by atoms with Gasteiger partial charge in [-0.3, -0.25) is 9.69 Å². The van der Waals surface area contributed by atoms with E-state index in [0.29, 0.717) is 5.92 Å². The van der Waals surface area contributed by atoms with Crippen LogP contribution in [0.2, 0.25) is 0 Å². The number of imidazole rings is 1. The largest absolute Gasteiger partial charge is 0.356 e. The number of nitrogens with one attached hydrogen (secondary N) is 1. The molecule has 2 heterocycles. The maximum Gasteiger partial charge on any atom is 0.216 e. The molecule has 1 aliphatic heterocycles. The Labute approximate surface area is 115 Å². The predicted octanol–water partition coefficient (Wildman–Crippen LogP) is 1.16. The van der Waals surface area contributed by atoms with Crippen molar-refractivity contribution in [3.05, 3.63) is 18.2 Å². The number of hydrogen-bond acceptors (Lipinski definition) is 3. The van der Waals surface area contributed by atoms with E-state index in [1.807, 2.05) is 19.4 Å². The lowest BCUT2D eigenvalue weighted by molar-refractivity contribution is -0.119. The lowest BCUT2D eigenvalue weighted by Gasteiger charge is -2.32. The quantitative estimate of drug-likeness (QED) is 0.868. The van der Waals surface area contributed by atoms with Crippen molar-refractivity contribution < 1.29 is 4.79 Å². The van der Waals surface area contributed by atoms with Crippen LogP contribution in [-0.2, 0) is 18.4 Å². The summed E-state index contributed by atoms with van der Waals surface area (Å²) in [5.41, 5.74) is 0. The third-order valence-electron chi connectivity index (χ3n) is 3.82. The van der Waals surface area contributed by atoms with Gasteiger partial charge in [0.05, 0.1) is 6.54 Å². The van der Waals surface area contributed by atoms with Crippen LogP contribution in [0.3, 0.4) is 0 Å². The summed E-state index contributed by atoms with van der Waals surface area (Å²) in [6, 6.07) is 0. The highest BCUT2D eigenvalue weighted by molar-refractivity contribution is 5.72. The van der Waals surface area contributed by atoms with Crippen LogP contribution in [0.25, 0.3) is 0 Å². The van der Waals surface area contributed by atoms with Crippen LogP contribution in [0, 0.1) is 5.92 Å². The van der Waals surface area contributed by atoms with Gasteiger partial charge in [-0.05, 0) is 31.7 Å². The fraction of sp³-hybridized carbons (Fsp3) is 0.714. The van der Waals surface area contributed by atoms with E-state index >= 15 is 0 Å². The average Bonchev–Trinajstić information content (AvgIpc) is 2.75. The molecule has 2 rings (SSSR count). The fourth-order valence-electron chi connectivity index (χ4n) is 2.73. The summed E-state index contributed by atoms with van der Waals surface area (Å²) in [6.45, 7) is 5.58. The molecule has 1 unspecified atom stereocenters. The van der Waals surface area contributed by atoms with Crippen molar-refractivity contribution in [3.63, 3.8) is 0 Å². The van der Waals surface area contributed by atoms with Crippen LogP contribution in [-0.4, -0.2) is 40.0 Å². The van der Waals surface area contributed by atoms with Crippen LogP contribution in [0.4, 0.5) is 0 Å². The molecule has 1 aromatic heterocycles. The van der Waals surface area contributed by atoms with Gasteiger partial charge in [0, 0.05) is 39.5 Å². The van der Waals surface area contributed by atoms with Crippen LogP contribution < -0.4 is 5.32 Å². The van der Waals surface area contributed by atoms with Gasteiger partial charge in [-0.1, -0.05) is 0 Å². The Morgan fingerprint density at radius 2 is 2.42 bits per heavy atom. The molecule has 1 saturated heterocycles. The van der Waals surface area contributed by atoms with Crippen LogP contribution in [0.1, 0.15) is 32.0 Å². The molecule has 1 amide bonds. The Morgan fingerprint density at radius 3 is 3.11 bits per heavy atom. The van der Waals surface area contributed by atoms with Crippen LogP contribution in [0.15, 0.2) is 12.4 Å². The highest BCUT2D eigenvalue weighted by Gasteiger charge is 2.20. The lowest BCUT2D eigenvalue weighted by atomic mass is 9.95. The van der Waals surface area contributed by atoms with Gasteiger partial charge in [0.25, 0.3) is 0 Å². The molecule has 0 radical (unpaired) electrons. The first-order valence-corrected chi connectivity index (χ1v) is 7.08. The second kappa shape index (κ2) is 6.70. The first-order valence-electron chi connectivity index (χ1n) is 7.08. The molecule has 0 aromatic carbocycles. The predicted molar refractivity (Wildman–Crippen MR) is 74.5 cm³/mol. The van der Waals surface area contributed by atoms with E-state index in [2.05, 4.69) is 19.8 Å². The number of piperidine rings is 1. The molecule has 1 atom stereocenters. The summed E-state index contributed by atoms with van der Waals surface area (Å²) in [6.07, 6.45) is 7.45. The summed E-state index contributed by atoms with van der Waals surface area (Å²) < 4.78 is 2.08. The van der Waals surface area contributed by atoms with E-state index in [9.17, 15) is 4.79 Å². The second-order valence-electron chi connectivity index (χ2n) is 5.47. The Kier molecular flexibility index (Phi) is 4.96. The number of amides is 1. The van der Waals surface area contributed by atoms with E-state index in [1.54, 1.807) is 6.92 Å². The zero-order chi connectivity index (χ0) is 13.7. The first-order chi connectivity index (χ1) is 9.15. The standard InChI is InChI=1S/C14H24N4O/c1-12(19)15-6-5-13-4-3-8-18(10-13)11-14-16-7-9-17(14)2/h7,9,13H,3-6,8,10-11H2,1-2H3,(H,15,19). The first kappa shape index (κ1) is 14.1. The van der Waals surface area contributed by atoms with Gasteiger partial charge in [0.15, 0.2) is 0 Å². The van der Waals surface area contributed by atoms with Gasteiger partial charge in [-0.15, -0.1) is 0 Å². The Hall–Kier alpha value is -1.36. The molecule has 1 N–H and O–H groups in total. The van der Waals surface area contributed by atoms with Gasteiger partial charge < -0.3 is 9.88 Å². The van der Waals surface area contributed by atoms with Crippen LogP contribution >= 0.6 is 0 Å². The highest BCUT2D eigenvalue weighted by Crippen LogP contribution is 2.20. The molecule has 19 heavy (non-hydrogen) atoms. The number of nitrogens with zero attached hydrogens (tertiary/aromatic N) is 3. The van der Waals surface area contributed by atoms with Gasteiger partial charge in [0.2, 0.25) is 5.91 Å². The third kappa shape index (κ3) is 4.35. The summed E-state index contributed by atoms with van der Waals surface area (Å²) in [5.74, 6) is 1.89. The molecular weight excluding hydrogens is 240 g/mol. The maximum atomic E-state index is 10.9. The minimum Gasteiger partial charge on any atom is -0.356 e. The summed E-state index contributed by atoms with van der Waals surface area (Å²) in [5, 5.41) is 2.89. The molecule has 0 saturated carbocycles. The van der Waals surface area contributed by atoms with Crippen molar-refractivity contribution in [3.8, 4) is 0 Å². The summed E-state index contributed by atoms with van der Waals surface area (Å²) in [7, 11) is 2.04. The van der Waals surface area contributed by atoms with E-state index in [0.717, 1.165) is 38.4 Å². The Balaban J connectivity index is 1.77. The number of carbonyl (C=O) groups is 1. The lowest BCUT2D eigenvalue weighted by Crippen LogP contribution is -2.37. The number of rotatable bonds is 5. The molecule has 1 aromatic rings. The van der Waals surface area contributed by atoms with Gasteiger partial charge in [-0.2, -0.15) is 0 Å². The van der Waals surface area contributed by atoms with Crippen molar-refractivity contribution in [2.24, 2.45) is 13.0 Å². The molecule has 1 aliphatic rings. The molecule has 106 valence electrons. The number of hydrogen-bond donors (Lipinski definition) is 1. The van der Waals surface area contributed by atoms with E-state index in [-0.39, 0.29) is 5.91 Å². The zero-order valence-corrected chi connectivity index (χ0v) is 11.9.